The van der Waals surface area contributed by atoms with Gasteiger partial charge in [-0.3, -0.25) is 0 Å². The monoisotopic (exact) mass is 437 g/mol. The van der Waals surface area contributed by atoms with Crippen LogP contribution in [-0.4, -0.2) is 49.1 Å². The molecule has 0 spiro atoms. The van der Waals surface area contributed by atoms with Crippen LogP contribution in [0.1, 0.15) is 36.6 Å². The summed E-state index contributed by atoms with van der Waals surface area (Å²) in [6, 6.07) is 4.95. The number of carboxylic acid groups (broad SMARTS) is 1. The number of thiazole rings is 1. The maximum absolute atomic E-state index is 13.0. The number of ether oxygens (including phenoxy) is 1. The molecule has 156 valence electrons. The first-order valence-corrected chi connectivity index (χ1v) is 11.9. The summed E-state index contributed by atoms with van der Waals surface area (Å²) in [5.41, 5.74) is 6.90. The smallest absolute Gasteiger partial charge is 0.404 e. The number of anilines is 1. The van der Waals surface area contributed by atoms with E-state index in [0.29, 0.717) is 11.3 Å². The van der Waals surface area contributed by atoms with E-state index < -0.39 is 21.2 Å². The average Bonchev–Trinajstić information content (AvgIpc) is 3.10. The Labute approximate surface area is 173 Å². The minimum absolute atomic E-state index is 0.0123. The van der Waals surface area contributed by atoms with E-state index in [4.69, 9.17) is 15.6 Å². The quantitative estimate of drug-likeness (QED) is 0.613. The van der Waals surface area contributed by atoms with Gasteiger partial charge in [0, 0.05) is 29.4 Å². The molecule has 29 heavy (non-hydrogen) atoms. The van der Waals surface area contributed by atoms with Gasteiger partial charge in [-0.25, -0.2) is 18.2 Å². The summed E-state index contributed by atoms with van der Waals surface area (Å²) in [5, 5.41) is 11.8. The van der Waals surface area contributed by atoms with Gasteiger partial charge in [-0.1, -0.05) is 6.07 Å². The van der Waals surface area contributed by atoms with Crippen LogP contribution in [0.15, 0.2) is 29.3 Å². The van der Waals surface area contributed by atoms with E-state index in [1.165, 1.54) is 17.4 Å². The maximum Gasteiger partial charge on any atom is 0.404 e. The third-order valence-corrected chi connectivity index (χ3v) is 8.85. The second-order valence-electron chi connectivity index (χ2n) is 7.52. The summed E-state index contributed by atoms with van der Waals surface area (Å²) >= 11 is 1.50. The predicted molar refractivity (Wildman–Crippen MR) is 110 cm³/mol. The van der Waals surface area contributed by atoms with Crippen LogP contribution < -0.4 is 11.1 Å². The van der Waals surface area contributed by atoms with Crippen LogP contribution in [-0.2, 0) is 14.6 Å². The molecule has 1 amide bonds. The molecule has 8 nitrogen and oxygen atoms in total. The van der Waals surface area contributed by atoms with Crippen molar-refractivity contribution in [3.8, 4) is 10.4 Å². The third-order valence-electron chi connectivity index (χ3n) is 5.55. The van der Waals surface area contributed by atoms with Gasteiger partial charge < -0.3 is 20.9 Å². The van der Waals surface area contributed by atoms with Gasteiger partial charge in [-0.15, -0.1) is 11.3 Å². The minimum atomic E-state index is -3.53. The fourth-order valence-electron chi connectivity index (χ4n) is 3.81. The normalized spacial score (nSPS) is 22.8. The SMILES string of the molecule is Nc1ccc(-c2cnc(C3CCC(NC(=O)O)CC3)s2)c(S(=O)(=O)C2COC2)c1. The molecule has 1 saturated heterocycles. The Kier molecular flexibility index (Phi) is 5.50. The van der Waals surface area contributed by atoms with Crippen LogP contribution in [0.4, 0.5) is 10.5 Å². The summed E-state index contributed by atoms with van der Waals surface area (Å²) in [6.07, 6.45) is 3.99. The van der Waals surface area contributed by atoms with Crippen molar-refractivity contribution in [3.63, 3.8) is 0 Å². The number of rotatable bonds is 5. The number of sulfone groups is 1. The minimum Gasteiger partial charge on any atom is -0.465 e. The number of aromatic nitrogens is 1. The lowest BCUT2D eigenvalue weighted by Gasteiger charge is -2.27. The average molecular weight is 438 g/mol. The molecule has 0 bridgehead atoms. The molecule has 0 radical (unpaired) electrons. The third kappa shape index (κ3) is 4.10. The molecule has 1 aromatic carbocycles. The first-order chi connectivity index (χ1) is 13.8. The maximum atomic E-state index is 13.0. The standard InChI is InChI=1S/C19H23N3O5S2/c20-12-3-6-15(17(7-12)29(25,26)14-9-27-10-14)16-8-21-18(28-16)11-1-4-13(5-2-11)22-19(23)24/h3,6-8,11,13-14,22H,1-2,4-5,9-10,20H2,(H,23,24). The number of amides is 1. The number of carbonyl (C=O) groups is 1. The molecule has 0 unspecified atom stereocenters. The first kappa shape index (κ1) is 20.1. The number of hydrogen-bond donors (Lipinski definition) is 3. The number of benzene rings is 1. The van der Waals surface area contributed by atoms with Crippen molar-refractivity contribution in [1.29, 1.82) is 0 Å². The molecule has 2 fully saturated rings. The number of nitrogen functional groups attached to an aromatic ring is 1. The van der Waals surface area contributed by atoms with Gasteiger partial charge in [0.15, 0.2) is 9.84 Å². The van der Waals surface area contributed by atoms with Crippen LogP contribution in [0.5, 0.6) is 0 Å². The summed E-state index contributed by atoms with van der Waals surface area (Å²) in [7, 11) is -3.53. The Hall–Kier alpha value is -2.17. The lowest BCUT2D eigenvalue weighted by atomic mass is 9.86. The van der Waals surface area contributed by atoms with Crippen molar-refractivity contribution in [1.82, 2.24) is 10.3 Å². The van der Waals surface area contributed by atoms with Crippen molar-refractivity contribution in [2.75, 3.05) is 18.9 Å². The second kappa shape index (κ2) is 7.92. The molecule has 1 aliphatic heterocycles. The molecule has 4 N–H and O–H groups in total. The van der Waals surface area contributed by atoms with E-state index in [-0.39, 0.29) is 30.1 Å². The van der Waals surface area contributed by atoms with E-state index in [0.717, 1.165) is 35.6 Å². The molecular weight excluding hydrogens is 414 g/mol. The molecule has 10 heteroatoms. The van der Waals surface area contributed by atoms with Gasteiger partial charge in [0.1, 0.15) is 5.25 Å². The van der Waals surface area contributed by atoms with E-state index in [9.17, 15) is 13.2 Å². The van der Waals surface area contributed by atoms with Crippen molar-refractivity contribution >= 4 is 33.0 Å². The highest BCUT2D eigenvalue weighted by atomic mass is 32.2. The zero-order valence-electron chi connectivity index (χ0n) is 15.7. The summed E-state index contributed by atoms with van der Waals surface area (Å²) in [5.74, 6) is 0.259. The van der Waals surface area contributed by atoms with Gasteiger partial charge in [0.25, 0.3) is 0 Å². The summed E-state index contributed by atoms with van der Waals surface area (Å²) < 4.78 is 31.0. The van der Waals surface area contributed by atoms with Gasteiger partial charge in [0.05, 0.1) is 28.0 Å². The molecule has 1 saturated carbocycles. The van der Waals surface area contributed by atoms with E-state index >= 15 is 0 Å². The highest BCUT2D eigenvalue weighted by molar-refractivity contribution is 7.92. The number of nitrogens with zero attached hydrogens (tertiary/aromatic N) is 1. The molecule has 1 aromatic heterocycles. The van der Waals surface area contributed by atoms with Gasteiger partial charge in [-0.05, 0) is 37.8 Å². The molecule has 4 rings (SSSR count). The Morgan fingerprint density at radius 2 is 1.97 bits per heavy atom. The largest absolute Gasteiger partial charge is 0.465 e. The number of nitrogens with two attached hydrogens (primary N) is 1. The van der Waals surface area contributed by atoms with E-state index in [2.05, 4.69) is 10.3 Å². The topological polar surface area (TPSA) is 132 Å². The Morgan fingerprint density at radius 3 is 2.59 bits per heavy atom. The van der Waals surface area contributed by atoms with Crippen LogP contribution >= 0.6 is 11.3 Å². The highest BCUT2D eigenvalue weighted by Crippen LogP contribution is 2.40. The van der Waals surface area contributed by atoms with Crippen molar-refractivity contribution in [2.45, 2.75) is 47.8 Å². The second-order valence-corrected chi connectivity index (χ2v) is 10.8. The van der Waals surface area contributed by atoms with Crippen molar-refractivity contribution in [3.05, 3.63) is 29.4 Å². The molecule has 2 aromatic rings. The fourth-order valence-corrected chi connectivity index (χ4v) is 6.70. The van der Waals surface area contributed by atoms with Crippen LogP contribution in [0.2, 0.25) is 0 Å². The molecule has 0 atom stereocenters. The molecule has 1 aliphatic carbocycles. The molecule has 2 heterocycles. The Bertz CT molecular complexity index is 1010. The summed E-state index contributed by atoms with van der Waals surface area (Å²) in [4.78, 5) is 16.4. The molecular formula is C19H23N3O5S2. The predicted octanol–water partition coefficient (Wildman–Crippen LogP) is 2.86. The lowest BCUT2D eigenvalue weighted by molar-refractivity contribution is 0.0416. The lowest BCUT2D eigenvalue weighted by Crippen LogP contribution is -2.40. The highest BCUT2D eigenvalue weighted by Gasteiger charge is 2.36. The Balaban J connectivity index is 1.57. The molecule has 2 aliphatic rings. The van der Waals surface area contributed by atoms with Crippen molar-refractivity contribution in [2.24, 2.45) is 0 Å². The van der Waals surface area contributed by atoms with E-state index in [1.54, 1.807) is 18.3 Å². The van der Waals surface area contributed by atoms with Crippen LogP contribution in [0.25, 0.3) is 10.4 Å². The number of hydrogen-bond acceptors (Lipinski definition) is 7. The van der Waals surface area contributed by atoms with Gasteiger partial charge in [-0.2, -0.15) is 0 Å². The van der Waals surface area contributed by atoms with Crippen molar-refractivity contribution < 1.29 is 23.1 Å². The van der Waals surface area contributed by atoms with Crippen LogP contribution in [0, 0.1) is 0 Å². The Morgan fingerprint density at radius 1 is 1.24 bits per heavy atom. The fraction of sp³-hybridized carbons (Fsp3) is 0.474. The summed E-state index contributed by atoms with van der Waals surface area (Å²) in [6.45, 7) is 0.413. The van der Waals surface area contributed by atoms with E-state index in [1.807, 2.05) is 0 Å². The zero-order valence-corrected chi connectivity index (χ0v) is 17.3. The number of nitrogens with one attached hydrogen (secondary N) is 1. The zero-order chi connectivity index (χ0) is 20.6. The van der Waals surface area contributed by atoms with Gasteiger partial charge >= 0.3 is 6.09 Å². The van der Waals surface area contributed by atoms with Crippen LogP contribution in [0.3, 0.4) is 0 Å². The van der Waals surface area contributed by atoms with Gasteiger partial charge in [0.2, 0.25) is 0 Å². The first-order valence-electron chi connectivity index (χ1n) is 9.51.